The summed E-state index contributed by atoms with van der Waals surface area (Å²) in [5.74, 6) is 4.01. The summed E-state index contributed by atoms with van der Waals surface area (Å²) in [6, 6.07) is 17.9. The lowest BCUT2D eigenvalue weighted by atomic mass is 10.0. The first-order chi connectivity index (χ1) is 16.2. The molecule has 6 rings (SSSR count). The van der Waals surface area contributed by atoms with Crippen LogP contribution in [-0.4, -0.2) is 21.6 Å². The van der Waals surface area contributed by atoms with Gasteiger partial charge in [0.05, 0.1) is 11.9 Å². The number of allylic oxidation sites excluding steroid dienone is 1. The first kappa shape index (κ1) is 19.4. The Hall–Kier alpha value is -4.32. The molecule has 2 aliphatic rings. The Balaban J connectivity index is 1.28. The van der Waals surface area contributed by atoms with Gasteiger partial charge in [-0.2, -0.15) is 0 Å². The lowest BCUT2D eigenvalue weighted by molar-refractivity contribution is 0.364. The van der Waals surface area contributed by atoms with Gasteiger partial charge in [-0.25, -0.2) is 9.97 Å². The summed E-state index contributed by atoms with van der Waals surface area (Å²) in [6.07, 6.45) is 7.43. The Bertz CT molecular complexity index is 1390. The average Bonchev–Trinajstić information content (AvgIpc) is 3.35. The standard InChI is InChI=1S/C27H22N4O2/c1-17-7-9-22-25(11-12-28-27(22)30-17)33-21-8-10-24-19(14-21)13-20(16-32-24)26-29-15-23(31-26)18-5-3-2-4-6-18/h2-6,8,10-15H,1,7,9,16H2,(H,28,30)(H,29,31). The monoisotopic (exact) mass is 434 g/mol. The number of fused-ring (bicyclic) bond motifs is 2. The first-order valence-corrected chi connectivity index (χ1v) is 10.9. The van der Waals surface area contributed by atoms with E-state index in [-0.39, 0.29) is 0 Å². The normalized spacial score (nSPS) is 14.4. The molecule has 0 spiro atoms. The van der Waals surface area contributed by atoms with Crippen LogP contribution in [0, 0.1) is 0 Å². The Labute approximate surface area is 191 Å². The summed E-state index contributed by atoms with van der Waals surface area (Å²) >= 11 is 0. The van der Waals surface area contributed by atoms with E-state index in [1.807, 2.05) is 48.7 Å². The fourth-order valence-electron chi connectivity index (χ4n) is 4.16. The molecular weight excluding hydrogens is 412 g/mol. The van der Waals surface area contributed by atoms with Gasteiger partial charge in [-0.1, -0.05) is 36.9 Å². The van der Waals surface area contributed by atoms with Crippen molar-refractivity contribution in [3.8, 4) is 28.5 Å². The number of hydrogen-bond donors (Lipinski definition) is 2. The smallest absolute Gasteiger partial charge is 0.137 e. The summed E-state index contributed by atoms with van der Waals surface area (Å²) in [6.45, 7) is 4.47. The predicted octanol–water partition coefficient (Wildman–Crippen LogP) is 6.07. The molecule has 0 radical (unpaired) electrons. The molecule has 162 valence electrons. The lowest BCUT2D eigenvalue weighted by Crippen LogP contribution is -2.11. The number of nitrogens with zero attached hydrogens (tertiary/aromatic N) is 2. The van der Waals surface area contributed by atoms with Crippen LogP contribution in [0.2, 0.25) is 0 Å². The molecule has 0 amide bonds. The number of nitrogens with one attached hydrogen (secondary N) is 2. The quantitative estimate of drug-likeness (QED) is 0.408. The Morgan fingerprint density at radius 2 is 1.91 bits per heavy atom. The zero-order valence-electron chi connectivity index (χ0n) is 18.0. The van der Waals surface area contributed by atoms with E-state index in [1.54, 1.807) is 6.20 Å². The number of rotatable bonds is 4. The zero-order chi connectivity index (χ0) is 22.2. The van der Waals surface area contributed by atoms with Crippen LogP contribution in [-0.2, 0) is 6.42 Å². The highest BCUT2D eigenvalue weighted by Crippen LogP contribution is 2.37. The average molecular weight is 434 g/mol. The number of hydrogen-bond acceptors (Lipinski definition) is 5. The van der Waals surface area contributed by atoms with Crippen molar-refractivity contribution in [2.75, 3.05) is 11.9 Å². The highest BCUT2D eigenvalue weighted by Gasteiger charge is 2.19. The minimum Gasteiger partial charge on any atom is -0.488 e. The molecule has 0 bridgehead atoms. The van der Waals surface area contributed by atoms with E-state index >= 15 is 0 Å². The van der Waals surface area contributed by atoms with Crippen LogP contribution in [0.5, 0.6) is 17.2 Å². The number of ether oxygens (including phenoxy) is 2. The van der Waals surface area contributed by atoms with E-state index in [9.17, 15) is 0 Å². The topological polar surface area (TPSA) is 72.1 Å². The van der Waals surface area contributed by atoms with Crippen LogP contribution in [0.3, 0.4) is 0 Å². The molecule has 6 nitrogen and oxygen atoms in total. The van der Waals surface area contributed by atoms with Gasteiger partial charge < -0.3 is 19.8 Å². The molecule has 2 aromatic carbocycles. The lowest BCUT2D eigenvalue weighted by Gasteiger charge is -2.22. The molecule has 0 saturated heterocycles. The molecule has 0 unspecified atom stereocenters. The van der Waals surface area contributed by atoms with Crippen LogP contribution in [0.4, 0.5) is 5.82 Å². The van der Waals surface area contributed by atoms with Gasteiger partial charge in [0.1, 0.15) is 35.5 Å². The van der Waals surface area contributed by atoms with Crippen LogP contribution in [0.1, 0.15) is 23.4 Å². The molecule has 2 aromatic heterocycles. The number of anilines is 1. The zero-order valence-corrected chi connectivity index (χ0v) is 18.0. The summed E-state index contributed by atoms with van der Waals surface area (Å²) in [5, 5.41) is 3.25. The molecule has 2 N–H and O–H groups in total. The second kappa shape index (κ2) is 7.98. The van der Waals surface area contributed by atoms with Crippen molar-refractivity contribution in [3.63, 3.8) is 0 Å². The van der Waals surface area contributed by atoms with Crippen molar-refractivity contribution in [1.29, 1.82) is 0 Å². The van der Waals surface area contributed by atoms with E-state index in [4.69, 9.17) is 9.47 Å². The van der Waals surface area contributed by atoms with E-state index in [1.165, 1.54) is 0 Å². The summed E-state index contributed by atoms with van der Waals surface area (Å²) in [4.78, 5) is 12.4. The van der Waals surface area contributed by atoms with Crippen molar-refractivity contribution in [2.45, 2.75) is 12.8 Å². The maximum absolute atomic E-state index is 6.26. The van der Waals surface area contributed by atoms with Gasteiger partial charge in [-0.15, -0.1) is 0 Å². The molecule has 4 aromatic rings. The number of aromatic nitrogens is 3. The van der Waals surface area contributed by atoms with Gasteiger partial charge in [-0.3, -0.25) is 0 Å². The van der Waals surface area contributed by atoms with E-state index in [0.29, 0.717) is 6.61 Å². The van der Waals surface area contributed by atoms with Gasteiger partial charge in [-0.05, 0) is 48.7 Å². The minimum absolute atomic E-state index is 0.461. The maximum Gasteiger partial charge on any atom is 0.137 e. The number of aromatic amines is 1. The van der Waals surface area contributed by atoms with E-state index in [0.717, 1.165) is 75.4 Å². The van der Waals surface area contributed by atoms with Gasteiger partial charge in [0.2, 0.25) is 0 Å². The Kier molecular flexibility index (Phi) is 4.69. The number of imidazole rings is 1. The third-order valence-electron chi connectivity index (χ3n) is 5.87. The second-order valence-corrected chi connectivity index (χ2v) is 8.14. The number of pyridine rings is 1. The fraction of sp³-hybridized carbons (Fsp3) is 0.111. The second-order valence-electron chi connectivity index (χ2n) is 8.14. The maximum atomic E-state index is 6.26. The summed E-state index contributed by atoms with van der Waals surface area (Å²) < 4.78 is 12.3. The minimum atomic E-state index is 0.461. The van der Waals surface area contributed by atoms with Crippen molar-refractivity contribution >= 4 is 17.5 Å². The molecule has 4 heterocycles. The van der Waals surface area contributed by atoms with E-state index in [2.05, 4.69) is 45.1 Å². The van der Waals surface area contributed by atoms with Crippen molar-refractivity contribution < 1.29 is 9.47 Å². The molecule has 2 aliphatic heterocycles. The summed E-state index contributed by atoms with van der Waals surface area (Å²) in [5.41, 5.74) is 6.08. The van der Waals surface area contributed by atoms with Crippen LogP contribution < -0.4 is 14.8 Å². The number of benzene rings is 2. The molecular formula is C27H22N4O2. The molecule has 6 heteroatoms. The molecule has 0 fully saturated rings. The van der Waals surface area contributed by atoms with Gasteiger partial charge in [0.25, 0.3) is 0 Å². The third kappa shape index (κ3) is 3.76. The van der Waals surface area contributed by atoms with Crippen LogP contribution in [0.15, 0.2) is 79.3 Å². The SMILES string of the molecule is C=C1CCc2c(Oc3ccc4c(c3)C=C(c3ncc(-c5ccccc5)[nH]3)CO4)ccnc2N1. The predicted molar refractivity (Wildman–Crippen MR) is 129 cm³/mol. The highest BCUT2D eigenvalue weighted by molar-refractivity contribution is 5.84. The summed E-state index contributed by atoms with van der Waals surface area (Å²) in [7, 11) is 0. The fourth-order valence-corrected chi connectivity index (χ4v) is 4.16. The molecule has 33 heavy (non-hydrogen) atoms. The van der Waals surface area contributed by atoms with Gasteiger partial charge >= 0.3 is 0 Å². The highest BCUT2D eigenvalue weighted by atomic mass is 16.5. The van der Waals surface area contributed by atoms with Crippen molar-refractivity contribution in [2.24, 2.45) is 0 Å². The Morgan fingerprint density at radius 3 is 2.82 bits per heavy atom. The number of H-pyrrole nitrogens is 1. The van der Waals surface area contributed by atoms with Crippen LogP contribution >= 0.6 is 0 Å². The van der Waals surface area contributed by atoms with Crippen molar-refractivity contribution in [1.82, 2.24) is 15.0 Å². The largest absolute Gasteiger partial charge is 0.488 e. The Morgan fingerprint density at radius 1 is 1.00 bits per heavy atom. The van der Waals surface area contributed by atoms with Crippen molar-refractivity contribution in [3.05, 3.63) is 96.2 Å². The van der Waals surface area contributed by atoms with E-state index < -0.39 is 0 Å². The molecule has 0 atom stereocenters. The third-order valence-corrected chi connectivity index (χ3v) is 5.87. The first-order valence-electron chi connectivity index (χ1n) is 10.9. The van der Waals surface area contributed by atoms with Gasteiger partial charge in [0.15, 0.2) is 0 Å². The molecule has 0 saturated carbocycles. The van der Waals surface area contributed by atoms with Gasteiger partial charge in [0, 0.05) is 28.6 Å². The molecule has 0 aliphatic carbocycles. The van der Waals surface area contributed by atoms with Crippen LogP contribution in [0.25, 0.3) is 22.9 Å².